The molecule has 0 bridgehead atoms. The van der Waals surface area contributed by atoms with Crippen LogP contribution in [0, 0.1) is 29.6 Å². The highest BCUT2D eigenvalue weighted by atomic mass is 16.6. The third-order valence-corrected chi connectivity index (χ3v) is 16.3. The van der Waals surface area contributed by atoms with Crippen molar-refractivity contribution < 1.29 is 53.0 Å². The van der Waals surface area contributed by atoms with Crippen LogP contribution in [0.15, 0.2) is 60.7 Å². The number of fused-ring (bicyclic) bond motifs is 1. The van der Waals surface area contributed by atoms with E-state index in [9.17, 15) is 33.9 Å². The second-order valence-electron chi connectivity index (χ2n) is 23.5. The summed E-state index contributed by atoms with van der Waals surface area (Å²) in [5.41, 5.74) is 1.43. The minimum absolute atomic E-state index is 0.00475. The van der Waals surface area contributed by atoms with Crippen LogP contribution in [0.5, 0.6) is 0 Å². The molecule has 3 fully saturated rings. The summed E-state index contributed by atoms with van der Waals surface area (Å²) in [5, 5.41) is 20.1. The lowest BCUT2D eigenvalue weighted by Gasteiger charge is -2.44. The van der Waals surface area contributed by atoms with Crippen molar-refractivity contribution in [3.63, 3.8) is 0 Å². The average Bonchev–Trinajstić information content (AvgIpc) is 3.42. The summed E-state index contributed by atoms with van der Waals surface area (Å²) >= 11 is 0. The maximum Gasteiger partial charge on any atom is 0.332 e. The first-order valence-corrected chi connectivity index (χ1v) is 28.6. The largest absolute Gasteiger partial charge is 0.450 e. The number of amides is 8. The molecule has 19 nitrogen and oxygen atoms in total. The second kappa shape index (κ2) is 28.7. The van der Waals surface area contributed by atoms with E-state index >= 15 is 14.4 Å². The lowest BCUT2D eigenvalue weighted by molar-refractivity contribution is -0.174. The zero-order valence-corrected chi connectivity index (χ0v) is 49.0. The van der Waals surface area contributed by atoms with Crippen LogP contribution < -0.4 is 16.0 Å². The number of rotatable bonds is 12. The molecule has 0 unspecified atom stereocenters. The third-order valence-electron chi connectivity index (χ3n) is 16.3. The number of nitrogens with zero attached hydrogens (tertiary/aromatic N) is 5. The number of carbonyl (C=O) groups excluding carboxylic acids is 9. The Morgan fingerprint density at radius 1 is 0.557 bits per heavy atom. The number of nitrogens with one attached hydrogen (secondary N) is 3. The number of carbonyl (C=O) groups is 9. The molecule has 5 rings (SSSR count). The summed E-state index contributed by atoms with van der Waals surface area (Å²) in [6.45, 7) is 15.9. The first-order valence-electron chi connectivity index (χ1n) is 28.6. The maximum absolute atomic E-state index is 15.2. The molecule has 79 heavy (non-hydrogen) atoms. The number of hydrogen-bond donors (Lipinski definition) is 4. The van der Waals surface area contributed by atoms with Crippen molar-refractivity contribution in [3.8, 4) is 0 Å². The number of cyclic esters (lactones) is 1. The molecular weight excluding hydrogens is 1010 g/mol. The highest BCUT2D eigenvalue weighted by molar-refractivity contribution is 5.99. The van der Waals surface area contributed by atoms with E-state index in [1.165, 1.54) is 54.7 Å². The van der Waals surface area contributed by atoms with E-state index in [2.05, 4.69) is 16.0 Å². The van der Waals surface area contributed by atoms with Crippen molar-refractivity contribution in [2.45, 2.75) is 187 Å². The fourth-order valence-corrected chi connectivity index (χ4v) is 11.5. The molecule has 2 saturated heterocycles. The first kappa shape index (κ1) is 63.5. The van der Waals surface area contributed by atoms with E-state index in [1.54, 1.807) is 46.8 Å². The van der Waals surface area contributed by atoms with Gasteiger partial charge in [0.2, 0.25) is 41.4 Å². The topological polar surface area (TPSA) is 235 Å². The molecule has 19 heteroatoms. The van der Waals surface area contributed by atoms with E-state index in [0.717, 1.165) is 29.7 Å². The molecule has 1 aliphatic carbocycles. The number of esters is 1. The lowest BCUT2D eigenvalue weighted by atomic mass is 9.84. The molecule has 2 heterocycles. The van der Waals surface area contributed by atoms with Crippen LogP contribution in [0.3, 0.4) is 0 Å². The minimum atomic E-state index is -1.65. The van der Waals surface area contributed by atoms with E-state index in [-0.39, 0.29) is 38.1 Å². The maximum atomic E-state index is 15.2. The Morgan fingerprint density at radius 3 is 1.53 bits per heavy atom. The van der Waals surface area contributed by atoms with Crippen LogP contribution in [0.2, 0.25) is 0 Å². The fraction of sp³-hybridized carbons (Fsp3) is 0.650. The lowest BCUT2D eigenvalue weighted by Crippen LogP contribution is -2.66. The summed E-state index contributed by atoms with van der Waals surface area (Å²) in [5.74, 6) is -8.24. The summed E-state index contributed by atoms with van der Waals surface area (Å²) in [4.78, 5) is 140. The normalized spacial score (nSPS) is 27.5. The van der Waals surface area contributed by atoms with Gasteiger partial charge in [-0.25, -0.2) is 4.79 Å². The molecule has 11 atom stereocenters. The molecule has 8 amide bonds. The van der Waals surface area contributed by atoms with Crippen LogP contribution in [-0.4, -0.2) is 178 Å². The summed E-state index contributed by atoms with van der Waals surface area (Å²) < 4.78 is 6.21. The highest BCUT2D eigenvalue weighted by Gasteiger charge is 2.47. The molecule has 2 aromatic rings. The van der Waals surface area contributed by atoms with E-state index < -0.39 is 137 Å². The Balaban J connectivity index is 1.67. The summed E-state index contributed by atoms with van der Waals surface area (Å²) in [6.07, 6.45) is 1.34. The van der Waals surface area contributed by atoms with Gasteiger partial charge >= 0.3 is 5.97 Å². The fourth-order valence-electron chi connectivity index (χ4n) is 11.5. The van der Waals surface area contributed by atoms with Gasteiger partial charge in [-0.15, -0.1) is 0 Å². The number of likely N-dealkylation sites (N-methyl/N-ethyl adjacent to an activating group) is 4. The van der Waals surface area contributed by atoms with Gasteiger partial charge in [-0.2, -0.15) is 0 Å². The zero-order chi connectivity index (χ0) is 58.6. The Kier molecular flexibility index (Phi) is 23.0. The first-order chi connectivity index (χ1) is 37.3. The van der Waals surface area contributed by atoms with Gasteiger partial charge in [-0.3, -0.25) is 38.4 Å². The van der Waals surface area contributed by atoms with Gasteiger partial charge in [0, 0.05) is 53.5 Å². The predicted molar refractivity (Wildman–Crippen MR) is 299 cm³/mol. The van der Waals surface area contributed by atoms with Crippen LogP contribution >= 0.6 is 0 Å². The molecule has 0 radical (unpaired) electrons. The monoisotopic (exact) mass is 1100 g/mol. The number of aliphatic hydroxyl groups is 1. The molecular formula is C60H90N8O11. The van der Waals surface area contributed by atoms with Crippen molar-refractivity contribution in [1.82, 2.24) is 40.4 Å². The second-order valence-corrected chi connectivity index (χ2v) is 23.5. The van der Waals surface area contributed by atoms with Crippen LogP contribution in [-0.2, 0) is 60.7 Å². The third kappa shape index (κ3) is 15.7. The van der Waals surface area contributed by atoms with E-state index in [1.807, 2.05) is 69.3 Å². The van der Waals surface area contributed by atoms with Gasteiger partial charge in [0.1, 0.15) is 42.3 Å². The van der Waals surface area contributed by atoms with Crippen LogP contribution in [0.1, 0.15) is 125 Å². The molecule has 1 saturated carbocycles. The number of ether oxygens (including phenoxy) is 1. The Morgan fingerprint density at radius 2 is 1.05 bits per heavy atom. The van der Waals surface area contributed by atoms with Gasteiger partial charge < -0.3 is 50.3 Å². The van der Waals surface area contributed by atoms with Crippen molar-refractivity contribution in [2.24, 2.45) is 29.6 Å². The average molecular weight is 1100 g/mol. The minimum Gasteiger partial charge on any atom is -0.450 e. The van der Waals surface area contributed by atoms with Crippen molar-refractivity contribution in [3.05, 3.63) is 71.8 Å². The summed E-state index contributed by atoms with van der Waals surface area (Å²) in [6, 6.07) is 8.34. The smallest absolute Gasteiger partial charge is 0.332 e. The van der Waals surface area contributed by atoms with Crippen molar-refractivity contribution in [2.75, 3.05) is 34.7 Å². The van der Waals surface area contributed by atoms with Crippen LogP contribution in [0.25, 0.3) is 0 Å². The standard InChI is InChI=1S/C60H90N8O11/c1-14-38(8)47-58(76)65(11)48(36(4)5)53(71)61-43(32-35(2)3)56(74)67(13)50(39(9)69)60(78)79-51(42-28-22-17-23-29-42)59(77)66(12)49(37(6)7)54(72)62-44(33-40-24-18-15-19-25-40)55(73)64(10)46(34-41-26-20-16-21-27-41)57(75)68-31-30-45(68)52(70)63-47/h15-16,18-21,24-27,35-39,42-51,69H,14,17,22-23,28-34H2,1-13H3,(H,61,71)(H,62,72)(H,63,70)/t38-,39+,43-,44-,45-,46-,47-,48-,49-,50-,51+/m0/s1. The molecule has 2 aromatic carbocycles. The SMILES string of the molecule is CC[C@H](C)[C@@H]1NC(=O)[C@@H]2CCN2C(=O)[C@H](Cc2ccccc2)N(C)C(=O)[C@H](Cc2ccccc2)NC(=O)[C@H](C(C)C)N(C)C(=O)[C@@H](C2CCCCC2)OC(=O)[C@H]([C@@H](C)O)N(C)C(=O)[C@H](CC(C)C)NC(=O)[C@H](C(C)C)N(C)C1=O. The number of hydrogen-bond acceptors (Lipinski definition) is 11. The molecule has 4 N–H and O–H groups in total. The molecule has 3 aliphatic rings. The quantitative estimate of drug-likeness (QED) is 0.221. The van der Waals surface area contributed by atoms with Gasteiger partial charge in [-0.1, -0.05) is 142 Å². The zero-order valence-electron chi connectivity index (χ0n) is 49.0. The Hall–Kier alpha value is -6.37. The Bertz CT molecular complexity index is 2430. The summed E-state index contributed by atoms with van der Waals surface area (Å²) in [7, 11) is 5.73. The van der Waals surface area contributed by atoms with Gasteiger partial charge in [-0.05, 0) is 67.4 Å². The van der Waals surface area contributed by atoms with Gasteiger partial charge in [0.05, 0.1) is 6.10 Å². The predicted octanol–water partition coefficient (Wildman–Crippen LogP) is 4.13. The van der Waals surface area contributed by atoms with E-state index in [4.69, 9.17) is 4.74 Å². The highest BCUT2D eigenvalue weighted by Crippen LogP contribution is 2.31. The molecule has 0 aromatic heterocycles. The van der Waals surface area contributed by atoms with E-state index in [0.29, 0.717) is 24.8 Å². The molecule has 436 valence electrons. The van der Waals surface area contributed by atoms with Crippen molar-refractivity contribution >= 4 is 53.2 Å². The van der Waals surface area contributed by atoms with Crippen molar-refractivity contribution in [1.29, 1.82) is 0 Å². The molecule has 2 aliphatic heterocycles. The molecule has 0 spiro atoms. The Labute approximate surface area is 468 Å². The van der Waals surface area contributed by atoms with Crippen LogP contribution in [0.4, 0.5) is 0 Å². The van der Waals surface area contributed by atoms with Gasteiger partial charge in [0.15, 0.2) is 12.1 Å². The number of benzene rings is 2. The van der Waals surface area contributed by atoms with Gasteiger partial charge in [0.25, 0.3) is 5.91 Å². The number of aliphatic hydroxyl groups excluding tert-OH is 1.